The van der Waals surface area contributed by atoms with Gasteiger partial charge in [0.1, 0.15) is 0 Å². The van der Waals surface area contributed by atoms with Crippen molar-refractivity contribution in [3.8, 4) is 22.3 Å². The fourth-order valence-corrected chi connectivity index (χ4v) is 23.7. The number of nitrogens with zero attached hydrogens (tertiary/aromatic N) is 4. The van der Waals surface area contributed by atoms with E-state index in [9.17, 15) is 0 Å². The van der Waals surface area contributed by atoms with Gasteiger partial charge in [-0.2, -0.15) is 0 Å². The topological polar surface area (TPSA) is 13.0 Å². The Balaban J connectivity index is 0.856. The first-order valence-electron chi connectivity index (χ1n) is 33.0. The molecule has 4 nitrogen and oxygen atoms in total. The van der Waals surface area contributed by atoms with E-state index in [1.165, 1.54) is 126 Å². The second-order valence-corrected chi connectivity index (χ2v) is 31.5. The molecule has 0 bridgehead atoms. The molecule has 0 amide bonds. The molecule has 0 saturated heterocycles. The van der Waals surface area contributed by atoms with Crippen molar-refractivity contribution in [2.45, 2.75) is 52.4 Å². The number of rotatable bonds is 8. The molecule has 94 heavy (non-hydrogen) atoms. The molecular formula is C86H64B2N4Se2. The van der Waals surface area contributed by atoms with E-state index in [0.717, 1.165) is 34.1 Å². The van der Waals surface area contributed by atoms with Crippen LogP contribution in [0.1, 0.15) is 61.1 Å². The second-order valence-electron chi connectivity index (χ2n) is 27.1. The molecule has 2 aliphatic carbocycles. The average molecular weight is 1330 g/mol. The van der Waals surface area contributed by atoms with Crippen molar-refractivity contribution in [3.63, 3.8) is 0 Å². The molecule has 0 radical (unpaired) electrons. The van der Waals surface area contributed by atoms with Crippen molar-refractivity contribution in [3.05, 3.63) is 312 Å². The van der Waals surface area contributed by atoms with E-state index in [2.05, 4.69) is 340 Å². The predicted octanol–water partition coefficient (Wildman–Crippen LogP) is 14.4. The molecule has 446 valence electrons. The van der Waals surface area contributed by atoms with Gasteiger partial charge in [0.15, 0.2) is 0 Å². The van der Waals surface area contributed by atoms with Gasteiger partial charge in [-0.1, -0.05) is 36.4 Å². The van der Waals surface area contributed by atoms with Crippen LogP contribution in [0.4, 0.5) is 68.2 Å². The summed E-state index contributed by atoms with van der Waals surface area (Å²) < 4.78 is 6.19. The number of hydrogen-bond donors (Lipinski definition) is 0. The van der Waals surface area contributed by atoms with Crippen molar-refractivity contribution in [1.82, 2.24) is 0 Å². The van der Waals surface area contributed by atoms with Crippen molar-refractivity contribution >= 4 is 162 Å². The van der Waals surface area contributed by atoms with Crippen LogP contribution >= 0.6 is 0 Å². The van der Waals surface area contributed by atoms with E-state index >= 15 is 0 Å². The number of fused-ring (bicyclic) bond motifs is 16. The molecule has 13 aromatic carbocycles. The van der Waals surface area contributed by atoms with Gasteiger partial charge in [0.05, 0.1) is 0 Å². The third-order valence-corrected chi connectivity index (χ3v) is 26.6. The molecule has 8 heteroatoms. The third-order valence-electron chi connectivity index (χ3n) is 21.4. The van der Waals surface area contributed by atoms with Gasteiger partial charge in [-0.25, -0.2) is 0 Å². The maximum absolute atomic E-state index is 2.72. The minimum atomic E-state index is -0.415. The van der Waals surface area contributed by atoms with Gasteiger partial charge in [0, 0.05) is 11.4 Å². The fraction of sp³-hybridized carbons (Fsp3) is 0.0930. The Hall–Kier alpha value is -9.77. The predicted molar refractivity (Wildman–Crippen MR) is 402 cm³/mol. The van der Waals surface area contributed by atoms with E-state index in [-0.39, 0.29) is 48.8 Å². The normalized spacial score (nSPS) is 14.7. The molecule has 0 saturated carbocycles. The molecule has 0 aromatic heterocycles. The Morgan fingerprint density at radius 1 is 0.319 bits per heavy atom. The zero-order valence-corrected chi connectivity index (χ0v) is 56.7. The Morgan fingerprint density at radius 2 is 0.755 bits per heavy atom. The van der Waals surface area contributed by atoms with Gasteiger partial charge >= 0.3 is 497 Å². The zero-order chi connectivity index (χ0) is 62.9. The van der Waals surface area contributed by atoms with E-state index in [0.29, 0.717) is 0 Å². The molecule has 0 N–H and O–H groups in total. The van der Waals surface area contributed by atoms with Gasteiger partial charge in [-0.05, 0) is 24.3 Å². The van der Waals surface area contributed by atoms with Gasteiger partial charge in [-0.15, -0.1) is 0 Å². The van der Waals surface area contributed by atoms with Crippen molar-refractivity contribution < 1.29 is 0 Å². The van der Waals surface area contributed by atoms with Crippen molar-refractivity contribution in [1.29, 1.82) is 0 Å². The number of para-hydroxylation sites is 7. The molecule has 0 unspecified atom stereocenters. The first kappa shape index (κ1) is 55.8. The minimum absolute atomic E-state index is 0.0181. The van der Waals surface area contributed by atoms with E-state index in [1.807, 2.05) is 0 Å². The van der Waals surface area contributed by atoms with E-state index in [1.54, 1.807) is 14.4 Å². The second kappa shape index (κ2) is 20.9. The van der Waals surface area contributed by atoms with Crippen molar-refractivity contribution in [2.24, 2.45) is 0 Å². The van der Waals surface area contributed by atoms with Crippen LogP contribution < -0.4 is 70.2 Å². The van der Waals surface area contributed by atoms with Crippen LogP contribution in [0.25, 0.3) is 22.3 Å². The Kier molecular flexibility index (Phi) is 12.4. The monoisotopic (exact) mass is 1330 g/mol. The number of hydrogen-bond acceptors (Lipinski definition) is 4. The Morgan fingerprint density at radius 3 is 1.30 bits per heavy atom. The van der Waals surface area contributed by atoms with Crippen LogP contribution in [0, 0.1) is 13.8 Å². The summed E-state index contributed by atoms with van der Waals surface area (Å²) >= 11 is 0.0688. The Labute approximate surface area is 564 Å². The van der Waals surface area contributed by atoms with Crippen LogP contribution in [0.2, 0.25) is 0 Å². The average Bonchev–Trinajstić information content (AvgIpc) is 1.23. The van der Waals surface area contributed by atoms with Crippen LogP contribution in [-0.4, -0.2) is 43.3 Å². The molecule has 6 aliphatic rings. The summed E-state index contributed by atoms with van der Waals surface area (Å²) in [5.41, 5.74) is 36.3. The van der Waals surface area contributed by atoms with Crippen LogP contribution in [0.3, 0.4) is 0 Å². The molecule has 4 heterocycles. The van der Waals surface area contributed by atoms with Crippen LogP contribution in [0.15, 0.2) is 279 Å². The van der Waals surface area contributed by atoms with Gasteiger partial charge in [0.2, 0.25) is 0 Å². The third kappa shape index (κ3) is 7.89. The summed E-state index contributed by atoms with van der Waals surface area (Å²) in [5.74, 6) is 0. The van der Waals surface area contributed by atoms with Gasteiger partial charge < -0.3 is 0 Å². The molecule has 13 aromatic rings. The quantitative estimate of drug-likeness (QED) is 0.141. The van der Waals surface area contributed by atoms with E-state index in [4.69, 9.17) is 0 Å². The molecule has 0 fully saturated rings. The summed E-state index contributed by atoms with van der Waals surface area (Å²) in [6.45, 7) is 15.1. The van der Waals surface area contributed by atoms with E-state index < -0.39 is 5.41 Å². The van der Waals surface area contributed by atoms with Crippen molar-refractivity contribution in [2.75, 3.05) is 19.6 Å². The summed E-state index contributed by atoms with van der Waals surface area (Å²) in [4.78, 5) is 10.2. The first-order valence-corrected chi connectivity index (χ1v) is 36.4. The summed E-state index contributed by atoms with van der Waals surface area (Å²) in [5, 5.41) is 0. The maximum atomic E-state index is 2.72. The Bertz CT molecular complexity index is 5230. The molecule has 0 atom stereocenters. The standard InChI is InChI=1S/C86H64B2N4Se2/c1-53-77-81(54(2)83-78(53)88-70-42-26-28-44-73(70)93-84-76-66(52-74(94-83)80(84)88)64-48-46-62(50-68(64)86(76,5)6)90(57-33-17-9-18-34-57)58-35-19-10-20-36-58)92(60-39-23-12-24-40-60)72-51-65-63-47-45-61(89(55-29-13-7-14-30-55)56-31-15-8-16-32-56)49-67(63)85(3,4)75(65)82-79(72)87(77)69-41-25-27-43-71(69)91(82)59-37-21-11-22-38-59/h7-52H,1-6H3. The number of benzene rings is 13. The SMILES string of the molecule is Cc1c2c(c(C)c3c1B1c4ccccc4N(c4ccccc4)c4c1c(cc1c4C(C)(C)c4cc(N(c5ccccc5)c5ccccc5)ccc4-1)N3c1ccccc1)[Se]c1cc3c(c4c1B2c1ccccc1[Se]4)C(C)(C)c1cc(N(c2ccccc2)c2ccccc2)ccc1-3. The zero-order valence-electron chi connectivity index (χ0n) is 53.3. The molecular weight excluding hydrogens is 1270 g/mol. The van der Waals surface area contributed by atoms with Crippen LogP contribution in [0.5, 0.6) is 0 Å². The molecule has 0 spiro atoms. The van der Waals surface area contributed by atoms with Gasteiger partial charge in [0.25, 0.3) is 0 Å². The molecule has 4 aliphatic heterocycles. The molecule has 19 rings (SSSR count). The summed E-state index contributed by atoms with van der Waals surface area (Å²) in [6.07, 6.45) is 0. The summed E-state index contributed by atoms with van der Waals surface area (Å²) in [6, 6.07) is 105. The van der Waals surface area contributed by atoms with Gasteiger partial charge in [-0.3, -0.25) is 0 Å². The first-order chi connectivity index (χ1) is 46.0. The van der Waals surface area contributed by atoms with Crippen LogP contribution in [-0.2, 0) is 10.8 Å². The summed E-state index contributed by atoms with van der Waals surface area (Å²) in [7, 11) is 0. The number of anilines is 12. The fourth-order valence-electron chi connectivity index (χ4n) is 17.4.